The molecule has 2 aromatic carbocycles. The van der Waals surface area contributed by atoms with E-state index in [1.54, 1.807) is 18.2 Å². The summed E-state index contributed by atoms with van der Waals surface area (Å²) in [6.07, 6.45) is 0. The first-order valence-corrected chi connectivity index (χ1v) is 7.99. The number of hydrogen-bond acceptors (Lipinski definition) is 4. The summed E-state index contributed by atoms with van der Waals surface area (Å²) in [5.74, 6) is -0.220. The third-order valence-electron chi connectivity index (χ3n) is 3.63. The second kappa shape index (κ2) is 6.85. The van der Waals surface area contributed by atoms with E-state index < -0.39 is 11.5 Å². The van der Waals surface area contributed by atoms with E-state index in [2.05, 4.69) is 10.4 Å². The van der Waals surface area contributed by atoms with Crippen LogP contribution in [0.4, 0.5) is 4.39 Å². The van der Waals surface area contributed by atoms with Crippen molar-refractivity contribution < 1.29 is 9.13 Å². The van der Waals surface area contributed by atoms with Gasteiger partial charge in [0.1, 0.15) is 18.2 Å². The molecule has 0 N–H and O–H groups in total. The molecule has 0 spiro atoms. The Hall–Kier alpha value is -2.38. The molecule has 0 amide bonds. The topological polar surface area (TPSA) is 61.9 Å². The van der Waals surface area contributed by atoms with Crippen molar-refractivity contribution in [3.8, 4) is 11.4 Å². The van der Waals surface area contributed by atoms with Crippen LogP contribution in [0.3, 0.4) is 0 Å². The van der Waals surface area contributed by atoms with Crippen molar-refractivity contribution in [1.82, 2.24) is 19.8 Å². The molecule has 1 aromatic heterocycles. The van der Waals surface area contributed by atoms with E-state index in [1.807, 2.05) is 6.92 Å². The molecule has 6 nitrogen and oxygen atoms in total. The van der Waals surface area contributed by atoms with Crippen LogP contribution in [0, 0.1) is 12.7 Å². The zero-order valence-electron chi connectivity index (χ0n) is 13.3. The zero-order chi connectivity index (χ0) is 18.1. The number of benzene rings is 2. The smallest absolute Gasteiger partial charge is 0.368 e. The van der Waals surface area contributed by atoms with Crippen molar-refractivity contribution in [2.24, 2.45) is 7.05 Å². The summed E-state index contributed by atoms with van der Waals surface area (Å²) in [4.78, 5) is 12.0. The fraction of sp³-hybridized carbons (Fsp3) is 0.188. The molecule has 3 rings (SSSR count). The highest BCUT2D eigenvalue weighted by atomic mass is 35.5. The van der Waals surface area contributed by atoms with Crippen LogP contribution in [-0.2, 0) is 13.7 Å². The average molecular weight is 383 g/mol. The Morgan fingerprint density at radius 2 is 1.96 bits per heavy atom. The van der Waals surface area contributed by atoms with E-state index >= 15 is 0 Å². The molecule has 0 saturated heterocycles. The fourth-order valence-corrected chi connectivity index (χ4v) is 2.67. The summed E-state index contributed by atoms with van der Waals surface area (Å²) in [7, 11) is 1.45. The van der Waals surface area contributed by atoms with Crippen LogP contribution in [0.5, 0.6) is 5.75 Å². The van der Waals surface area contributed by atoms with E-state index in [4.69, 9.17) is 27.9 Å². The number of halogens is 3. The highest BCUT2D eigenvalue weighted by molar-refractivity contribution is 6.34. The quantitative estimate of drug-likeness (QED) is 0.694. The van der Waals surface area contributed by atoms with Crippen molar-refractivity contribution in [3.05, 3.63) is 67.8 Å². The van der Waals surface area contributed by atoms with Crippen LogP contribution in [0.1, 0.15) is 11.1 Å². The maximum atomic E-state index is 14.3. The number of tetrazole rings is 1. The van der Waals surface area contributed by atoms with E-state index in [-0.39, 0.29) is 17.9 Å². The molecule has 0 unspecified atom stereocenters. The highest BCUT2D eigenvalue weighted by Gasteiger charge is 2.16. The minimum atomic E-state index is -0.538. The Bertz CT molecular complexity index is 1000. The van der Waals surface area contributed by atoms with Gasteiger partial charge < -0.3 is 4.74 Å². The summed E-state index contributed by atoms with van der Waals surface area (Å²) >= 11 is 12.2. The van der Waals surface area contributed by atoms with Gasteiger partial charge in [0.2, 0.25) is 0 Å². The molecular weight excluding hydrogens is 370 g/mol. The fourth-order valence-electron chi connectivity index (χ4n) is 2.24. The van der Waals surface area contributed by atoms with Crippen molar-refractivity contribution in [3.63, 3.8) is 0 Å². The minimum absolute atomic E-state index is 0.151. The SMILES string of the molecule is Cc1cc(Cl)c(OCc2c(F)cccc2-n2nnn(C)c2=O)cc1Cl. The van der Waals surface area contributed by atoms with Crippen molar-refractivity contribution >= 4 is 23.2 Å². The molecule has 1 heterocycles. The lowest BCUT2D eigenvalue weighted by Gasteiger charge is -2.13. The second-order valence-electron chi connectivity index (χ2n) is 5.35. The van der Waals surface area contributed by atoms with Crippen LogP contribution in [0.2, 0.25) is 10.0 Å². The van der Waals surface area contributed by atoms with Gasteiger partial charge in [-0.3, -0.25) is 0 Å². The van der Waals surface area contributed by atoms with Gasteiger partial charge in [-0.2, -0.15) is 9.36 Å². The Morgan fingerprint density at radius 3 is 2.64 bits per heavy atom. The molecule has 3 aromatic rings. The number of ether oxygens (including phenoxy) is 1. The first kappa shape index (κ1) is 17.4. The molecule has 25 heavy (non-hydrogen) atoms. The van der Waals surface area contributed by atoms with Gasteiger partial charge in [0.15, 0.2) is 0 Å². The van der Waals surface area contributed by atoms with Crippen LogP contribution in [0.25, 0.3) is 5.69 Å². The summed E-state index contributed by atoms with van der Waals surface area (Å²) in [5, 5.41) is 8.21. The number of rotatable bonds is 4. The van der Waals surface area contributed by atoms with Gasteiger partial charge in [-0.15, -0.1) is 0 Å². The molecule has 0 aliphatic heterocycles. The van der Waals surface area contributed by atoms with Crippen molar-refractivity contribution in [2.45, 2.75) is 13.5 Å². The summed E-state index contributed by atoms with van der Waals surface area (Å²) in [6, 6.07) is 7.53. The number of hydrogen-bond donors (Lipinski definition) is 0. The molecule has 0 atom stereocenters. The van der Waals surface area contributed by atoms with Gasteiger partial charge in [0.25, 0.3) is 0 Å². The normalized spacial score (nSPS) is 10.9. The van der Waals surface area contributed by atoms with Gasteiger partial charge in [-0.25, -0.2) is 9.18 Å². The Kier molecular flexibility index (Phi) is 4.78. The van der Waals surface area contributed by atoms with Crippen LogP contribution in [0.15, 0.2) is 35.1 Å². The number of nitrogens with zero attached hydrogens (tertiary/aromatic N) is 4. The molecule has 0 fully saturated rings. The maximum absolute atomic E-state index is 14.3. The van der Waals surface area contributed by atoms with E-state index in [0.29, 0.717) is 15.8 Å². The monoisotopic (exact) mass is 382 g/mol. The first-order valence-electron chi connectivity index (χ1n) is 7.23. The second-order valence-corrected chi connectivity index (χ2v) is 6.17. The summed E-state index contributed by atoms with van der Waals surface area (Å²) < 4.78 is 22.0. The number of aromatic nitrogens is 4. The van der Waals surface area contributed by atoms with Crippen LogP contribution < -0.4 is 10.4 Å². The molecular formula is C16H13Cl2FN4O2. The predicted molar refractivity (Wildman–Crippen MR) is 92.1 cm³/mol. The van der Waals surface area contributed by atoms with Gasteiger partial charge in [0, 0.05) is 18.1 Å². The molecule has 130 valence electrons. The minimum Gasteiger partial charge on any atom is -0.487 e. The molecule has 9 heteroatoms. The molecule has 0 saturated carbocycles. The van der Waals surface area contributed by atoms with E-state index in [1.165, 1.54) is 19.2 Å². The maximum Gasteiger partial charge on any atom is 0.368 e. The molecule has 0 radical (unpaired) electrons. The van der Waals surface area contributed by atoms with Gasteiger partial charge in [-0.1, -0.05) is 29.3 Å². The summed E-state index contributed by atoms with van der Waals surface area (Å²) in [6.45, 7) is 1.65. The number of aryl methyl sites for hydroxylation is 2. The van der Waals surface area contributed by atoms with Crippen LogP contribution in [-0.4, -0.2) is 19.8 Å². The van der Waals surface area contributed by atoms with Crippen molar-refractivity contribution in [1.29, 1.82) is 0 Å². The standard InChI is InChI=1S/C16H13Cl2FN4O2/c1-9-6-12(18)15(7-11(9)17)25-8-10-13(19)4-3-5-14(10)23-16(24)22(2)20-21-23/h3-7H,8H2,1-2H3. The van der Waals surface area contributed by atoms with E-state index in [9.17, 15) is 9.18 Å². The summed E-state index contributed by atoms with van der Waals surface area (Å²) in [5.41, 5.74) is 0.699. The van der Waals surface area contributed by atoms with E-state index in [0.717, 1.165) is 14.9 Å². The first-order chi connectivity index (χ1) is 11.9. The molecule has 0 aliphatic carbocycles. The zero-order valence-corrected chi connectivity index (χ0v) is 14.8. The molecule has 0 bridgehead atoms. The highest BCUT2D eigenvalue weighted by Crippen LogP contribution is 2.31. The third-order valence-corrected chi connectivity index (χ3v) is 4.33. The third kappa shape index (κ3) is 3.38. The van der Waals surface area contributed by atoms with Gasteiger partial charge >= 0.3 is 5.69 Å². The van der Waals surface area contributed by atoms with Gasteiger partial charge in [-0.05, 0) is 41.1 Å². The Morgan fingerprint density at radius 1 is 1.20 bits per heavy atom. The lowest BCUT2D eigenvalue weighted by atomic mass is 10.1. The van der Waals surface area contributed by atoms with Gasteiger partial charge in [0.05, 0.1) is 16.3 Å². The Balaban J connectivity index is 1.97. The van der Waals surface area contributed by atoms with Crippen molar-refractivity contribution in [2.75, 3.05) is 0 Å². The van der Waals surface area contributed by atoms with Crippen LogP contribution >= 0.6 is 23.2 Å². The lowest BCUT2D eigenvalue weighted by molar-refractivity contribution is 0.299. The average Bonchev–Trinajstić information content (AvgIpc) is 2.90. The largest absolute Gasteiger partial charge is 0.487 e. The molecule has 0 aliphatic rings. The Labute approximate surface area is 152 Å². The predicted octanol–water partition coefficient (Wildman–Crippen LogP) is 3.30. The lowest BCUT2D eigenvalue weighted by Crippen LogP contribution is -2.23.